The molecule has 0 spiro atoms. The lowest BCUT2D eigenvalue weighted by molar-refractivity contribution is 0.102. The van der Waals surface area contributed by atoms with E-state index in [0.717, 1.165) is 41.7 Å². The van der Waals surface area contributed by atoms with E-state index >= 15 is 0 Å². The van der Waals surface area contributed by atoms with Gasteiger partial charge in [0.05, 0.1) is 29.6 Å². The van der Waals surface area contributed by atoms with Crippen molar-refractivity contribution >= 4 is 28.1 Å². The number of alkyl halides is 1. The highest BCUT2D eigenvalue weighted by molar-refractivity contribution is 6.08. The zero-order valence-corrected chi connectivity index (χ0v) is 21.2. The molecular formula is C28H30FN7O2. The molecule has 1 unspecified atom stereocenters. The molecule has 5 aromatic rings. The Bertz CT molecular complexity index is 1610. The van der Waals surface area contributed by atoms with Crippen molar-refractivity contribution in [2.45, 2.75) is 38.9 Å². The molecule has 196 valence electrons. The van der Waals surface area contributed by atoms with Crippen LogP contribution in [0.4, 0.5) is 10.1 Å². The number of anilines is 1. The van der Waals surface area contributed by atoms with Gasteiger partial charge >= 0.3 is 0 Å². The quantitative estimate of drug-likeness (QED) is 0.329. The van der Waals surface area contributed by atoms with Crippen LogP contribution in [0.1, 0.15) is 41.6 Å². The van der Waals surface area contributed by atoms with Crippen LogP contribution in [0.15, 0.2) is 71.8 Å². The van der Waals surface area contributed by atoms with Crippen LogP contribution in [0.5, 0.6) is 0 Å². The second-order valence-corrected chi connectivity index (χ2v) is 9.17. The van der Waals surface area contributed by atoms with Gasteiger partial charge in [0.15, 0.2) is 0 Å². The molecule has 1 fully saturated rings. The first-order chi connectivity index (χ1) is 18.5. The number of fused-ring (bicyclic) bond motifs is 2. The standard InChI is InChI=1S/C23H20N6O2.C5H10FN/c1-2-16-22-17(26-23(31)19-13-24-20-10-3-4-12-28(19)20)8-6-9-18(22)29(27-16)14-15-7-5-11-21(30)25-15;6-5-2-1-3-7-4-5/h3-13H,2,14H2,1H3,(H,25,30)(H,26,31);5,7H,1-4H2. The van der Waals surface area contributed by atoms with Gasteiger partial charge in [-0.1, -0.05) is 25.1 Å². The number of halogens is 1. The van der Waals surface area contributed by atoms with E-state index < -0.39 is 6.17 Å². The fourth-order valence-electron chi connectivity index (χ4n) is 4.62. The molecule has 38 heavy (non-hydrogen) atoms. The van der Waals surface area contributed by atoms with Gasteiger partial charge in [0.25, 0.3) is 5.91 Å². The monoisotopic (exact) mass is 515 g/mol. The van der Waals surface area contributed by atoms with Crippen LogP contribution in [0.3, 0.4) is 0 Å². The number of nitrogens with one attached hydrogen (secondary N) is 3. The van der Waals surface area contributed by atoms with Crippen LogP contribution >= 0.6 is 0 Å². The van der Waals surface area contributed by atoms with E-state index in [4.69, 9.17) is 5.10 Å². The number of benzene rings is 1. The predicted molar refractivity (Wildman–Crippen MR) is 145 cm³/mol. The van der Waals surface area contributed by atoms with Gasteiger partial charge in [-0.15, -0.1) is 0 Å². The summed E-state index contributed by atoms with van der Waals surface area (Å²) in [6.07, 6.45) is 5.27. The smallest absolute Gasteiger partial charge is 0.274 e. The SMILES string of the molecule is CCc1nn(Cc2cccc(=O)[nH]2)c2cccc(NC(=O)c3cnc4ccccn34)c12.FC1CCCNC1. The first-order valence-corrected chi connectivity index (χ1v) is 12.8. The number of aromatic amines is 1. The van der Waals surface area contributed by atoms with Crippen molar-refractivity contribution in [3.8, 4) is 0 Å². The lowest BCUT2D eigenvalue weighted by Gasteiger charge is -2.14. The summed E-state index contributed by atoms with van der Waals surface area (Å²) in [4.78, 5) is 31.8. The van der Waals surface area contributed by atoms with Crippen LogP contribution in [0.25, 0.3) is 16.6 Å². The summed E-state index contributed by atoms with van der Waals surface area (Å²) < 4.78 is 15.7. The largest absolute Gasteiger partial charge is 0.324 e. The normalized spacial score (nSPS) is 15.3. The van der Waals surface area contributed by atoms with E-state index in [2.05, 4.69) is 20.6 Å². The molecule has 3 N–H and O–H groups in total. The summed E-state index contributed by atoms with van der Waals surface area (Å²) in [6, 6.07) is 16.4. The second kappa shape index (κ2) is 11.4. The van der Waals surface area contributed by atoms with E-state index in [1.165, 1.54) is 6.07 Å². The van der Waals surface area contributed by atoms with Gasteiger partial charge < -0.3 is 15.6 Å². The molecule has 1 aliphatic rings. The molecule has 10 heteroatoms. The molecule has 0 bridgehead atoms. The number of rotatable bonds is 5. The van der Waals surface area contributed by atoms with Gasteiger partial charge in [-0.05, 0) is 56.1 Å². The Morgan fingerprint density at radius 3 is 2.76 bits per heavy atom. The Balaban J connectivity index is 0.000000366. The van der Waals surface area contributed by atoms with Crippen molar-refractivity contribution in [3.05, 3.63) is 94.4 Å². The molecule has 0 aliphatic carbocycles. The highest BCUT2D eigenvalue weighted by atomic mass is 19.1. The summed E-state index contributed by atoms with van der Waals surface area (Å²) in [5, 5.41) is 11.6. The highest BCUT2D eigenvalue weighted by Gasteiger charge is 2.18. The summed E-state index contributed by atoms with van der Waals surface area (Å²) in [6.45, 7) is 4.03. The molecule has 1 aliphatic heterocycles. The number of nitrogens with zero attached hydrogens (tertiary/aromatic N) is 4. The van der Waals surface area contributed by atoms with Crippen LogP contribution in [0, 0.1) is 0 Å². The molecule has 0 saturated carbocycles. The van der Waals surface area contributed by atoms with Crippen LogP contribution in [0.2, 0.25) is 0 Å². The third-order valence-corrected chi connectivity index (χ3v) is 6.47. The molecular weight excluding hydrogens is 485 g/mol. The average Bonchev–Trinajstić information content (AvgIpc) is 3.52. The lowest BCUT2D eigenvalue weighted by Crippen LogP contribution is -2.30. The van der Waals surface area contributed by atoms with E-state index in [1.54, 1.807) is 16.7 Å². The zero-order chi connectivity index (χ0) is 26.5. The third kappa shape index (κ3) is 5.50. The topological polar surface area (TPSA) is 109 Å². The lowest BCUT2D eigenvalue weighted by atomic mass is 10.1. The molecule has 1 atom stereocenters. The minimum Gasteiger partial charge on any atom is -0.324 e. The average molecular weight is 516 g/mol. The molecule has 1 saturated heterocycles. The molecule has 0 radical (unpaired) electrons. The summed E-state index contributed by atoms with van der Waals surface area (Å²) in [5.41, 5.74) is 4.24. The van der Waals surface area contributed by atoms with Gasteiger partial charge in [-0.3, -0.25) is 18.7 Å². The first-order valence-electron chi connectivity index (χ1n) is 12.8. The highest BCUT2D eigenvalue weighted by Crippen LogP contribution is 2.28. The molecule has 5 heterocycles. The van der Waals surface area contributed by atoms with Gasteiger partial charge in [-0.25, -0.2) is 9.37 Å². The number of hydrogen-bond acceptors (Lipinski definition) is 5. The maximum absolute atomic E-state index is 13.0. The Morgan fingerprint density at radius 2 is 2.03 bits per heavy atom. The molecule has 1 amide bonds. The van der Waals surface area contributed by atoms with Gasteiger partial charge in [0, 0.05) is 29.9 Å². The van der Waals surface area contributed by atoms with Crippen molar-refractivity contribution in [3.63, 3.8) is 0 Å². The number of aryl methyl sites for hydroxylation is 1. The fraction of sp³-hybridized carbons (Fsp3) is 0.286. The van der Waals surface area contributed by atoms with Crippen molar-refractivity contribution in [2.24, 2.45) is 0 Å². The van der Waals surface area contributed by atoms with Gasteiger partial charge in [0.1, 0.15) is 17.5 Å². The zero-order valence-electron chi connectivity index (χ0n) is 21.2. The second-order valence-electron chi connectivity index (χ2n) is 9.17. The van der Waals surface area contributed by atoms with E-state index in [0.29, 0.717) is 36.5 Å². The minimum atomic E-state index is -0.575. The van der Waals surface area contributed by atoms with Gasteiger partial charge in [0.2, 0.25) is 5.56 Å². The number of pyridine rings is 2. The summed E-state index contributed by atoms with van der Waals surface area (Å²) in [5.74, 6) is -0.242. The van der Waals surface area contributed by atoms with Crippen LogP contribution in [-0.4, -0.2) is 49.3 Å². The number of carbonyl (C=O) groups is 1. The van der Waals surface area contributed by atoms with Gasteiger partial charge in [-0.2, -0.15) is 5.10 Å². The van der Waals surface area contributed by atoms with E-state index in [-0.39, 0.29) is 11.5 Å². The van der Waals surface area contributed by atoms with Crippen molar-refractivity contribution in [1.82, 2.24) is 29.5 Å². The third-order valence-electron chi connectivity index (χ3n) is 6.47. The molecule has 1 aromatic carbocycles. The van der Waals surface area contributed by atoms with E-state index in [1.807, 2.05) is 60.3 Å². The maximum atomic E-state index is 13.0. The first kappa shape index (κ1) is 25.3. The predicted octanol–water partition coefficient (Wildman–Crippen LogP) is 3.94. The summed E-state index contributed by atoms with van der Waals surface area (Å²) >= 11 is 0. The number of aromatic nitrogens is 5. The fourth-order valence-corrected chi connectivity index (χ4v) is 4.62. The number of amides is 1. The van der Waals surface area contributed by atoms with E-state index in [9.17, 15) is 14.0 Å². The number of H-pyrrole nitrogens is 1. The van der Waals surface area contributed by atoms with Crippen molar-refractivity contribution < 1.29 is 9.18 Å². The Kier molecular flexibility index (Phi) is 7.60. The number of hydrogen-bond donors (Lipinski definition) is 3. The Labute approximate surface area is 218 Å². The van der Waals surface area contributed by atoms with Crippen molar-refractivity contribution in [1.29, 1.82) is 0 Å². The van der Waals surface area contributed by atoms with Crippen LogP contribution < -0.4 is 16.2 Å². The Morgan fingerprint density at radius 1 is 1.16 bits per heavy atom. The molecule has 4 aromatic heterocycles. The van der Waals surface area contributed by atoms with Crippen molar-refractivity contribution in [2.75, 3.05) is 18.4 Å². The van der Waals surface area contributed by atoms with Crippen LogP contribution in [-0.2, 0) is 13.0 Å². The molecule has 6 rings (SSSR count). The number of imidazole rings is 1. The summed E-state index contributed by atoms with van der Waals surface area (Å²) in [7, 11) is 0. The number of carbonyl (C=O) groups excluding carboxylic acids is 1. The maximum Gasteiger partial charge on any atom is 0.274 e. The number of piperidine rings is 1. The Hall–Kier alpha value is -4.31. The minimum absolute atomic E-state index is 0.148. The molecule has 9 nitrogen and oxygen atoms in total.